The predicted octanol–water partition coefficient (Wildman–Crippen LogP) is 1.57. The molecule has 3 N–H and O–H groups in total. The molecule has 2 heterocycles. The fourth-order valence-corrected chi connectivity index (χ4v) is 2.32. The SMILES string of the molecule is CCc1ccc2nc(C3COCC3N)[nH]c2c1. The first-order valence-corrected chi connectivity index (χ1v) is 6.10. The van der Waals surface area contributed by atoms with Crippen molar-refractivity contribution in [2.45, 2.75) is 25.3 Å². The lowest BCUT2D eigenvalue weighted by atomic mass is 10.0. The highest BCUT2D eigenvalue weighted by atomic mass is 16.5. The summed E-state index contributed by atoms with van der Waals surface area (Å²) in [5, 5.41) is 0. The molecule has 90 valence electrons. The molecule has 1 aromatic carbocycles. The van der Waals surface area contributed by atoms with E-state index < -0.39 is 0 Å². The average molecular weight is 231 g/mol. The largest absolute Gasteiger partial charge is 0.379 e. The summed E-state index contributed by atoms with van der Waals surface area (Å²) in [7, 11) is 0. The van der Waals surface area contributed by atoms with E-state index in [1.165, 1.54) is 5.56 Å². The zero-order chi connectivity index (χ0) is 11.8. The van der Waals surface area contributed by atoms with E-state index in [-0.39, 0.29) is 12.0 Å². The number of aromatic amines is 1. The van der Waals surface area contributed by atoms with Gasteiger partial charge in [-0.15, -0.1) is 0 Å². The third-order valence-electron chi connectivity index (χ3n) is 3.45. The van der Waals surface area contributed by atoms with E-state index in [1.54, 1.807) is 0 Å². The number of imidazole rings is 1. The van der Waals surface area contributed by atoms with Gasteiger partial charge in [0, 0.05) is 6.04 Å². The van der Waals surface area contributed by atoms with Crippen molar-refractivity contribution in [3.63, 3.8) is 0 Å². The van der Waals surface area contributed by atoms with E-state index in [2.05, 4.69) is 35.1 Å². The van der Waals surface area contributed by atoms with Gasteiger partial charge >= 0.3 is 0 Å². The number of hydrogen-bond acceptors (Lipinski definition) is 3. The second kappa shape index (κ2) is 4.13. The number of aromatic nitrogens is 2. The lowest BCUT2D eigenvalue weighted by Crippen LogP contribution is -2.27. The Hall–Kier alpha value is -1.39. The zero-order valence-corrected chi connectivity index (χ0v) is 9.94. The standard InChI is InChI=1S/C13H17N3O/c1-2-8-3-4-11-12(5-8)16-13(15-11)9-6-17-7-10(9)14/h3-5,9-10H,2,6-7,14H2,1H3,(H,15,16). The molecular formula is C13H17N3O. The highest BCUT2D eigenvalue weighted by Crippen LogP contribution is 2.24. The predicted molar refractivity (Wildman–Crippen MR) is 67.0 cm³/mol. The first kappa shape index (κ1) is 10.7. The van der Waals surface area contributed by atoms with Crippen molar-refractivity contribution < 1.29 is 4.74 Å². The summed E-state index contributed by atoms with van der Waals surface area (Å²) in [5.41, 5.74) is 9.43. The van der Waals surface area contributed by atoms with E-state index in [0.717, 1.165) is 23.3 Å². The smallest absolute Gasteiger partial charge is 0.114 e. The van der Waals surface area contributed by atoms with Crippen molar-refractivity contribution in [1.82, 2.24) is 9.97 Å². The number of hydrogen-bond donors (Lipinski definition) is 2. The molecular weight excluding hydrogens is 214 g/mol. The molecule has 0 saturated carbocycles. The molecule has 0 bridgehead atoms. The number of rotatable bonds is 2. The molecule has 0 radical (unpaired) electrons. The lowest BCUT2D eigenvalue weighted by molar-refractivity contribution is 0.190. The number of H-pyrrole nitrogens is 1. The van der Waals surface area contributed by atoms with Crippen LogP contribution in [-0.2, 0) is 11.2 Å². The first-order chi connectivity index (χ1) is 8.28. The van der Waals surface area contributed by atoms with Gasteiger partial charge in [-0.2, -0.15) is 0 Å². The maximum atomic E-state index is 6.00. The Kier molecular flexibility index (Phi) is 2.61. The van der Waals surface area contributed by atoms with Crippen molar-refractivity contribution in [1.29, 1.82) is 0 Å². The van der Waals surface area contributed by atoms with Crippen LogP contribution in [0.4, 0.5) is 0 Å². The topological polar surface area (TPSA) is 63.9 Å². The fourth-order valence-electron chi connectivity index (χ4n) is 2.32. The minimum Gasteiger partial charge on any atom is -0.379 e. The summed E-state index contributed by atoms with van der Waals surface area (Å²) in [4.78, 5) is 7.98. The van der Waals surface area contributed by atoms with Crippen LogP contribution >= 0.6 is 0 Å². The fraction of sp³-hybridized carbons (Fsp3) is 0.462. The molecule has 0 aliphatic carbocycles. The Bertz CT molecular complexity index is 534. The van der Waals surface area contributed by atoms with Crippen molar-refractivity contribution >= 4 is 11.0 Å². The summed E-state index contributed by atoms with van der Waals surface area (Å²) >= 11 is 0. The minimum absolute atomic E-state index is 0.0567. The molecule has 0 spiro atoms. The summed E-state index contributed by atoms with van der Waals surface area (Å²) in [5.74, 6) is 1.16. The Morgan fingerprint density at radius 3 is 3.06 bits per heavy atom. The quantitative estimate of drug-likeness (QED) is 0.824. The van der Waals surface area contributed by atoms with Crippen LogP contribution in [0.15, 0.2) is 18.2 Å². The van der Waals surface area contributed by atoms with Gasteiger partial charge in [0.2, 0.25) is 0 Å². The monoisotopic (exact) mass is 231 g/mol. The Morgan fingerprint density at radius 2 is 2.35 bits per heavy atom. The molecule has 17 heavy (non-hydrogen) atoms. The highest BCUT2D eigenvalue weighted by molar-refractivity contribution is 5.76. The minimum atomic E-state index is 0.0567. The van der Waals surface area contributed by atoms with Gasteiger partial charge in [0.05, 0.1) is 30.2 Å². The second-order valence-corrected chi connectivity index (χ2v) is 4.63. The van der Waals surface area contributed by atoms with Crippen LogP contribution in [0, 0.1) is 0 Å². The van der Waals surface area contributed by atoms with E-state index >= 15 is 0 Å². The van der Waals surface area contributed by atoms with Gasteiger partial charge in [-0.05, 0) is 24.1 Å². The Balaban J connectivity index is 2.01. The van der Waals surface area contributed by atoms with Gasteiger partial charge in [-0.25, -0.2) is 4.98 Å². The van der Waals surface area contributed by atoms with E-state index in [0.29, 0.717) is 13.2 Å². The third-order valence-corrected chi connectivity index (χ3v) is 3.45. The molecule has 2 atom stereocenters. The van der Waals surface area contributed by atoms with Crippen molar-refractivity contribution in [3.05, 3.63) is 29.6 Å². The van der Waals surface area contributed by atoms with E-state index in [4.69, 9.17) is 10.5 Å². The van der Waals surface area contributed by atoms with Crippen LogP contribution < -0.4 is 5.73 Å². The van der Waals surface area contributed by atoms with Crippen LogP contribution in [0.1, 0.15) is 24.2 Å². The van der Waals surface area contributed by atoms with E-state index in [9.17, 15) is 0 Å². The molecule has 1 aliphatic heterocycles. The maximum Gasteiger partial charge on any atom is 0.114 e. The molecule has 4 nitrogen and oxygen atoms in total. The average Bonchev–Trinajstić information content (AvgIpc) is 2.93. The molecule has 0 amide bonds. The normalized spacial score (nSPS) is 24.6. The first-order valence-electron chi connectivity index (χ1n) is 6.10. The molecule has 2 aromatic rings. The lowest BCUT2D eigenvalue weighted by Gasteiger charge is -2.08. The van der Waals surface area contributed by atoms with Crippen molar-refractivity contribution in [3.8, 4) is 0 Å². The van der Waals surface area contributed by atoms with Crippen molar-refractivity contribution in [2.24, 2.45) is 5.73 Å². The van der Waals surface area contributed by atoms with Gasteiger partial charge < -0.3 is 15.5 Å². The summed E-state index contributed by atoms with van der Waals surface area (Å²) < 4.78 is 5.38. The number of ether oxygens (including phenoxy) is 1. The number of nitrogens with one attached hydrogen (secondary N) is 1. The Labute approximate surface area is 100 Å². The van der Waals surface area contributed by atoms with Gasteiger partial charge in [0.1, 0.15) is 5.82 Å². The molecule has 4 heteroatoms. The number of fused-ring (bicyclic) bond motifs is 1. The number of benzene rings is 1. The van der Waals surface area contributed by atoms with Crippen molar-refractivity contribution in [2.75, 3.05) is 13.2 Å². The number of nitrogens with zero attached hydrogens (tertiary/aromatic N) is 1. The summed E-state index contributed by atoms with van der Waals surface area (Å²) in [6.07, 6.45) is 1.04. The zero-order valence-electron chi connectivity index (χ0n) is 9.94. The van der Waals surface area contributed by atoms with Crippen LogP contribution in [0.2, 0.25) is 0 Å². The van der Waals surface area contributed by atoms with Gasteiger partial charge in [0.25, 0.3) is 0 Å². The molecule has 2 unspecified atom stereocenters. The van der Waals surface area contributed by atoms with E-state index in [1.807, 2.05) is 0 Å². The van der Waals surface area contributed by atoms with Crippen LogP contribution in [-0.4, -0.2) is 29.2 Å². The van der Waals surface area contributed by atoms with Crippen LogP contribution in [0.25, 0.3) is 11.0 Å². The van der Waals surface area contributed by atoms with Gasteiger partial charge in [-0.3, -0.25) is 0 Å². The molecule has 3 rings (SSSR count). The summed E-state index contributed by atoms with van der Waals surface area (Å²) in [6, 6.07) is 6.40. The molecule has 1 saturated heterocycles. The van der Waals surface area contributed by atoms with Gasteiger partial charge in [-0.1, -0.05) is 13.0 Å². The number of aryl methyl sites for hydroxylation is 1. The number of nitrogens with two attached hydrogens (primary N) is 1. The van der Waals surface area contributed by atoms with Crippen LogP contribution in [0.5, 0.6) is 0 Å². The third kappa shape index (κ3) is 1.83. The Morgan fingerprint density at radius 1 is 1.47 bits per heavy atom. The van der Waals surface area contributed by atoms with Gasteiger partial charge in [0.15, 0.2) is 0 Å². The molecule has 1 aliphatic rings. The highest BCUT2D eigenvalue weighted by Gasteiger charge is 2.28. The second-order valence-electron chi connectivity index (χ2n) is 4.63. The maximum absolute atomic E-state index is 6.00. The van der Waals surface area contributed by atoms with Crippen LogP contribution in [0.3, 0.4) is 0 Å². The molecule has 1 aromatic heterocycles. The molecule has 1 fully saturated rings. The summed E-state index contributed by atoms with van der Waals surface area (Å²) in [6.45, 7) is 3.45.